The van der Waals surface area contributed by atoms with Crippen LogP contribution in [0.1, 0.15) is 23.1 Å². The van der Waals surface area contributed by atoms with E-state index in [9.17, 15) is 4.79 Å². The first kappa shape index (κ1) is 13.2. The number of carbonyl (C=O) groups excluding carboxylic acids is 1. The Morgan fingerprint density at radius 3 is 3.00 bits per heavy atom. The van der Waals surface area contributed by atoms with Gasteiger partial charge in [-0.25, -0.2) is 14.8 Å². The fourth-order valence-corrected chi connectivity index (χ4v) is 2.13. The van der Waals surface area contributed by atoms with Crippen LogP contribution in [0.5, 0.6) is 0 Å². The van der Waals surface area contributed by atoms with Crippen LogP contribution >= 0.6 is 0 Å². The first-order valence-corrected chi connectivity index (χ1v) is 6.63. The molecule has 0 aliphatic rings. The highest BCUT2D eigenvalue weighted by atomic mass is 16.5. The summed E-state index contributed by atoms with van der Waals surface area (Å²) in [6.07, 6.45) is 5.02. The molecule has 0 bridgehead atoms. The Kier molecular flexibility index (Phi) is 3.35. The number of hydrogen-bond donors (Lipinski definition) is 0. The Morgan fingerprint density at radius 1 is 1.43 bits per heavy atom. The minimum atomic E-state index is -0.463. The minimum absolute atomic E-state index is 0.227. The fraction of sp³-hybridized carbons (Fsp3) is 0.200. The summed E-state index contributed by atoms with van der Waals surface area (Å²) in [4.78, 5) is 24.7. The highest BCUT2D eigenvalue weighted by molar-refractivity contribution is 5.94. The molecule has 21 heavy (non-hydrogen) atoms. The number of esters is 1. The summed E-state index contributed by atoms with van der Waals surface area (Å²) in [5.41, 5.74) is 3.29. The number of aryl methyl sites for hydroxylation is 1. The Labute approximate surface area is 121 Å². The van der Waals surface area contributed by atoms with Crippen molar-refractivity contribution in [1.29, 1.82) is 0 Å². The lowest BCUT2D eigenvalue weighted by atomic mass is 10.2. The van der Waals surface area contributed by atoms with Crippen LogP contribution in [0.2, 0.25) is 0 Å². The van der Waals surface area contributed by atoms with E-state index >= 15 is 0 Å². The van der Waals surface area contributed by atoms with E-state index in [-0.39, 0.29) is 5.69 Å². The van der Waals surface area contributed by atoms with Gasteiger partial charge in [-0.3, -0.25) is 9.38 Å². The number of carbonyl (C=O) groups is 1. The van der Waals surface area contributed by atoms with Crippen molar-refractivity contribution < 1.29 is 9.53 Å². The smallest absolute Gasteiger partial charge is 0.360 e. The molecule has 0 atom stereocenters. The molecule has 3 rings (SSSR count). The Balaban J connectivity index is 2.17. The predicted octanol–water partition coefficient (Wildman–Crippen LogP) is 2.28. The maximum absolute atomic E-state index is 11.9. The normalized spacial score (nSPS) is 10.8. The van der Waals surface area contributed by atoms with Gasteiger partial charge >= 0.3 is 5.97 Å². The zero-order valence-corrected chi connectivity index (χ0v) is 11.8. The largest absolute Gasteiger partial charge is 0.461 e. The highest BCUT2D eigenvalue weighted by Gasteiger charge is 2.17. The molecule has 3 aromatic rings. The van der Waals surface area contributed by atoms with Crippen LogP contribution in [0.25, 0.3) is 16.9 Å². The Morgan fingerprint density at radius 2 is 2.29 bits per heavy atom. The molecule has 0 aromatic carbocycles. The van der Waals surface area contributed by atoms with E-state index in [0.29, 0.717) is 12.3 Å². The summed E-state index contributed by atoms with van der Waals surface area (Å²) in [6.45, 7) is 4.00. The summed E-state index contributed by atoms with van der Waals surface area (Å²) < 4.78 is 6.78. The van der Waals surface area contributed by atoms with Gasteiger partial charge in [0.25, 0.3) is 0 Å². The van der Waals surface area contributed by atoms with Gasteiger partial charge < -0.3 is 4.74 Å². The molecule has 0 N–H and O–H groups in total. The van der Waals surface area contributed by atoms with Gasteiger partial charge in [0.15, 0.2) is 11.3 Å². The van der Waals surface area contributed by atoms with Crippen LogP contribution in [0, 0.1) is 6.92 Å². The molecular weight excluding hydrogens is 268 g/mol. The standard InChI is InChI=1S/C15H14N4O2/c1-3-21-15(20)13-14-18-12(11-5-4-6-16-8-11)7-10(2)19(14)9-17-13/h4-9H,3H2,1-2H3. The predicted molar refractivity (Wildman–Crippen MR) is 76.9 cm³/mol. The van der Waals surface area contributed by atoms with Crippen molar-refractivity contribution in [1.82, 2.24) is 19.4 Å². The zero-order valence-electron chi connectivity index (χ0n) is 11.8. The second kappa shape index (κ2) is 5.32. The van der Waals surface area contributed by atoms with Gasteiger partial charge in [0.2, 0.25) is 0 Å². The first-order chi connectivity index (χ1) is 10.2. The maximum Gasteiger partial charge on any atom is 0.360 e. The van der Waals surface area contributed by atoms with E-state index < -0.39 is 5.97 Å². The van der Waals surface area contributed by atoms with Crippen LogP contribution in [-0.4, -0.2) is 31.9 Å². The van der Waals surface area contributed by atoms with Crippen molar-refractivity contribution in [2.75, 3.05) is 6.61 Å². The van der Waals surface area contributed by atoms with Crippen molar-refractivity contribution in [3.05, 3.63) is 48.3 Å². The lowest BCUT2D eigenvalue weighted by Crippen LogP contribution is -2.07. The Hall–Kier alpha value is -2.76. The van der Waals surface area contributed by atoms with Crippen molar-refractivity contribution in [3.63, 3.8) is 0 Å². The molecule has 0 radical (unpaired) electrons. The van der Waals surface area contributed by atoms with E-state index in [2.05, 4.69) is 15.0 Å². The molecule has 3 aromatic heterocycles. The van der Waals surface area contributed by atoms with Gasteiger partial charge in [-0.15, -0.1) is 0 Å². The van der Waals surface area contributed by atoms with Gasteiger partial charge in [0.05, 0.1) is 12.3 Å². The molecule has 0 unspecified atom stereocenters. The highest BCUT2D eigenvalue weighted by Crippen LogP contribution is 2.20. The summed E-state index contributed by atoms with van der Waals surface area (Å²) in [5.74, 6) is -0.463. The molecular formula is C15H14N4O2. The van der Waals surface area contributed by atoms with Crippen LogP contribution in [-0.2, 0) is 4.74 Å². The average Bonchev–Trinajstić information content (AvgIpc) is 2.93. The number of imidazole rings is 1. The number of hydrogen-bond acceptors (Lipinski definition) is 5. The number of fused-ring (bicyclic) bond motifs is 1. The quantitative estimate of drug-likeness (QED) is 0.689. The molecule has 6 nitrogen and oxygen atoms in total. The van der Waals surface area contributed by atoms with E-state index in [1.54, 1.807) is 30.0 Å². The summed E-state index contributed by atoms with van der Waals surface area (Å²) in [7, 11) is 0. The lowest BCUT2D eigenvalue weighted by molar-refractivity contribution is 0.0522. The molecule has 0 aliphatic carbocycles. The van der Waals surface area contributed by atoms with E-state index in [0.717, 1.165) is 17.0 Å². The van der Waals surface area contributed by atoms with Crippen LogP contribution in [0.15, 0.2) is 36.9 Å². The van der Waals surface area contributed by atoms with Gasteiger partial charge in [-0.1, -0.05) is 0 Å². The lowest BCUT2D eigenvalue weighted by Gasteiger charge is -2.05. The second-order valence-electron chi connectivity index (χ2n) is 4.53. The van der Waals surface area contributed by atoms with Gasteiger partial charge in [-0.2, -0.15) is 0 Å². The van der Waals surface area contributed by atoms with Crippen LogP contribution in [0.4, 0.5) is 0 Å². The first-order valence-electron chi connectivity index (χ1n) is 6.63. The van der Waals surface area contributed by atoms with Crippen molar-refractivity contribution in [3.8, 4) is 11.3 Å². The fourth-order valence-electron chi connectivity index (χ4n) is 2.13. The second-order valence-corrected chi connectivity index (χ2v) is 4.53. The molecule has 0 fully saturated rings. The van der Waals surface area contributed by atoms with Crippen LogP contribution in [0.3, 0.4) is 0 Å². The van der Waals surface area contributed by atoms with E-state index in [4.69, 9.17) is 4.74 Å². The molecule has 0 amide bonds. The average molecular weight is 282 g/mol. The summed E-state index contributed by atoms with van der Waals surface area (Å²) >= 11 is 0. The van der Waals surface area contributed by atoms with Crippen LogP contribution < -0.4 is 0 Å². The van der Waals surface area contributed by atoms with E-state index in [1.165, 1.54) is 0 Å². The topological polar surface area (TPSA) is 69.4 Å². The summed E-state index contributed by atoms with van der Waals surface area (Å²) in [6, 6.07) is 5.70. The van der Waals surface area contributed by atoms with Gasteiger partial charge in [0, 0.05) is 23.7 Å². The van der Waals surface area contributed by atoms with Crippen molar-refractivity contribution in [2.45, 2.75) is 13.8 Å². The number of pyridine rings is 1. The Bertz CT molecular complexity index is 796. The number of nitrogens with zero attached hydrogens (tertiary/aromatic N) is 4. The molecule has 0 spiro atoms. The minimum Gasteiger partial charge on any atom is -0.461 e. The monoisotopic (exact) mass is 282 g/mol. The van der Waals surface area contributed by atoms with Crippen molar-refractivity contribution >= 4 is 11.6 Å². The number of ether oxygens (including phenoxy) is 1. The molecule has 106 valence electrons. The molecule has 6 heteroatoms. The third-order valence-corrected chi connectivity index (χ3v) is 3.12. The third kappa shape index (κ3) is 2.35. The van der Waals surface area contributed by atoms with Crippen molar-refractivity contribution in [2.24, 2.45) is 0 Å². The molecule has 3 heterocycles. The number of aromatic nitrogens is 4. The van der Waals surface area contributed by atoms with Gasteiger partial charge in [0.1, 0.15) is 6.33 Å². The third-order valence-electron chi connectivity index (χ3n) is 3.12. The zero-order chi connectivity index (χ0) is 14.8. The summed E-state index contributed by atoms with van der Waals surface area (Å²) in [5, 5.41) is 0. The van der Waals surface area contributed by atoms with E-state index in [1.807, 2.05) is 25.1 Å². The SMILES string of the molecule is CCOC(=O)c1ncn2c(C)cc(-c3cccnc3)nc12. The molecule has 0 saturated carbocycles. The molecule has 0 aliphatic heterocycles. The molecule has 0 saturated heterocycles. The number of rotatable bonds is 3. The van der Waals surface area contributed by atoms with Gasteiger partial charge in [-0.05, 0) is 32.0 Å². The maximum atomic E-state index is 11.9.